The Kier molecular flexibility index (Phi) is 3.59. The molecule has 1 heterocycles. The zero-order valence-electron chi connectivity index (χ0n) is 9.32. The van der Waals surface area contributed by atoms with Gasteiger partial charge in [0.1, 0.15) is 18.7 Å². The average molecular weight is 267 g/mol. The van der Waals surface area contributed by atoms with Crippen LogP contribution < -0.4 is 5.73 Å². The topological polar surface area (TPSA) is 94.0 Å². The van der Waals surface area contributed by atoms with Crippen LogP contribution >= 0.6 is 11.6 Å². The van der Waals surface area contributed by atoms with Crippen molar-refractivity contribution in [1.29, 1.82) is 0 Å². The SMILES string of the molecule is NC(Cc1ccc(-n2cncn2)c(Cl)c1)C(=O)O. The predicted octanol–water partition coefficient (Wildman–Crippen LogP) is 0.875. The smallest absolute Gasteiger partial charge is 0.320 e. The second-order valence-corrected chi connectivity index (χ2v) is 4.18. The van der Waals surface area contributed by atoms with Crippen molar-refractivity contribution in [3.63, 3.8) is 0 Å². The van der Waals surface area contributed by atoms with Gasteiger partial charge in [0, 0.05) is 0 Å². The summed E-state index contributed by atoms with van der Waals surface area (Å²) in [6.07, 6.45) is 3.17. The first-order valence-electron chi connectivity index (χ1n) is 5.19. The molecule has 7 heteroatoms. The van der Waals surface area contributed by atoms with Gasteiger partial charge >= 0.3 is 5.97 Å². The molecule has 1 aromatic carbocycles. The number of benzene rings is 1. The number of hydrogen-bond donors (Lipinski definition) is 2. The number of carbonyl (C=O) groups is 1. The molecule has 0 aliphatic heterocycles. The number of carboxylic acid groups (broad SMARTS) is 1. The predicted molar refractivity (Wildman–Crippen MR) is 65.7 cm³/mol. The Morgan fingerprint density at radius 1 is 1.56 bits per heavy atom. The van der Waals surface area contributed by atoms with E-state index in [1.54, 1.807) is 18.2 Å². The van der Waals surface area contributed by atoms with Crippen LogP contribution in [0.2, 0.25) is 5.02 Å². The molecule has 0 aliphatic rings. The molecule has 0 aliphatic carbocycles. The molecule has 0 radical (unpaired) electrons. The first kappa shape index (κ1) is 12.5. The van der Waals surface area contributed by atoms with Crippen LogP contribution in [0, 0.1) is 0 Å². The van der Waals surface area contributed by atoms with Crippen LogP contribution in [-0.4, -0.2) is 31.9 Å². The third kappa shape index (κ3) is 2.66. The molecular weight excluding hydrogens is 256 g/mol. The number of rotatable bonds is 4. The lowest BCUT2D eigenvalue weighted by Crippen LogP contribution is -2.32. The number of carboxylic acids is 1. The minimum Gasteiger partial charge on any atom is -0.480 e. The maximum absolute atomic E-state index is 10.7. The molecule has 3 N–H and O–H groups in total. The maximum atomic E-state index is 10.7. The standard InChI is InChI=1S/C11H11ClN4O2/c12-8-3-7(4-9(13)11(17)18)1-2-10(8)16-6-14-5-15-16/h1-3,5-6,9H,4,13H2,(H,17,18). The highest BCUT2D eigenvalue weighted by atomic mass is 35.5. The van der Waals surface area contributed by atoms with E-state index in [9.17, 15) is 4.79 Å². The van der Waals surface area contributed by atoms with Crippen molar-refractivity contribution in [2.24, 2.45) is 5.73 Å². The molecule has 0 fully saturated rings. The van der Waals surface area contributed by atoms with Crippen LogP contribution in [0.1, 0.15) is 5.56 Å². The van der Waals surface area contributed by atoms with Crippen LogP contribution in [0.4, 0.5) is 0 Å². The highest BCUT2D eigenvalue weighted by Gasteiger charge is 2.13. The number of aliphatic carboxylic acids is 1. The van der Waals surface area contributed by atoms with E-state index in [0.717, 1.165) is 5.56 Å². The Hall–Kier alpha value is -1.92. The van der Waals surface area contributed by atoms with Gasteiger partial charge < -0.3 is 10.8 Å². The Morgan fingerprint density at radius 2 is 2.33 bits per heavy atom. The molecule has 1 aromatic heterocycles. The fourth-order valence-electron chi connectivity index (χ4n) is 1.54. The largest absolute Gasteiger partial charge is 0.480 e. The highest BCUT2D eigenvalue weighted by Crippen LogP contribution is 2.21. The highest BCUT2D eigenvalue weighted by molar-refractivity contribution is 6.32. The molecule has 1 atom stereocenters. The monoisotopic (exact) mass is 266 g/mol. The van der Waals surface area contributed by atoms with Gasteiger partial charge in [-0.15, -0.1) is 0 Å². The van der Waals surface area contributed by atoms with Crippen molar-refractivity contribution < 1.29 is 9.90 Å². The van der Waals surface area contributed by atoms with Crippen molar-refractivity contribution in [3.05, 3.63) is 41.4 Å². The van der Waals surface area contributed by atoms with Crippen molar-refractivity contribution in [3.8, 4) is 5.69 Å². The number of nitrogens with two attached hydrogens (primary N) is 1. The van der Waals surface area contributed by atoms with Gasteiger partial charge in [0.25, 0.3) is 0 Å². The van der Waals surface area contributed by atoms with Gasteiger partial charge in [0.05, 0.1) is 10.7 Å². The lowest BCUT2D eigenvalue weighted by atomic mass is 10.1. The van der Waals surface area contributed by atoms with Crippen molar-refractivity contribution in [1.82, 2.24) is 14.8 Å². The molecule has 0 saturated heterocycles. The number of nitrogens with zero attached hydrogens (tertiary/aromatic N) is 3. The van der Waals surface area contributed by atoms with Gasteiger partial charge in [-0.25, -0.2) is 9.67 Å². The number of aromatic nitrogens is 3. The molecule has 0 saturated carbocycles. The summed E-state index contributed by atoms with van der Waals surface area (Å²) in [5.74, 6) is -1.04. The lowest BCUT2D eigenvalue weighted by Gasteiger charge is -2.09. The molecule has 0 spiro atoms. The van der Waals surface area contributed by atoms with Gasteiger partial charge in [-0.05, 0) is 24.1 Å². The first-order valence-corrected chi connectivity index (χ1v) is 5.57. The summed E-state index contributed by atoms with van der Waals surface area (Å²) in [6, 6.07) is 4.27. The first-order chi connectivity index (χ1) is 8.58. The Balaban J connectivity index is 2.23. The molecule has 2 rings (SSSR count). The van der Waals surface area contributed by atoms with Crippen molar-refractivity contribution >= 4 is 17.6 Å². The van der Waals surface area contributed by atoms with Gasteiger partial charge in [-0.1, -0.05) is 17.7 Å². The van der Waals surface area contributed by atoms with E-state index in [1.807, 2.05) is 0 Å². The minimum absolute atomic E-state index is 0.229. The molecule has 2 aromatic rings. The summed E-state index contributed by atoms with van der Waals surface area (Å²) < 4.78 is 1.53. The van der Waals surface area contributed by atoms with E-state index in [4.69, 9.17) is 22.4 Å². The molecule has 1 unspecified atom stereocenters. The Bertz CT molecular complexity index is 556. The van der Waals surface area contributed by atoms with E-state index < -0.39 is 12.0 Å². The maximum Gasteiger partial charge on any atom is 0.320 e. The van der Waals surface area contributed by atoms with Gasteiger partial charge in [0.2, 0.25) is 0 Å². The molecule has 94 valence electrons. The summed E-state index contributed by atoms with van der Waals surface area (Å²) in [7, 11) is 0. The second-order valence-electron chi connectivity index (χ2n) is 3.77. The Labute approximate surface area is 108 Å². The van der Waals surface area contributed by atoms with Gasteiger partial charge in [0.15, 0.2) is 0 Å². The molecule has 18 heavy (non-hydrogen) atoms. The third-order valence-corrected chi connectivity index (χ3v) is 2.75. The van der Waals surface area contributed by atoms with Gasteiger partial charge in [-0.3, -0.25) is 4.79 Å². The van der Waals surface area contributed by atoms with Crippen molar-refractivity contribution in [2.75, 3.05) is 0 Å². The zero-order chi connectivity index (χ0) is 13.1. The fourth-order valence-corrected chi connectivity index (χ4v) is 1.83. The van der Waals surface area contributed by atoms with Gasteiger partial charge in [-0.2, -0.15) is 5.10 Å². The normalized spacial score (nSPS) is 12.3. The lowest BCUT2D eigenvalue weighted by molar-refractivity contribution is -0.138. The fraction of sp³-hybridized carbons (Fsp3) is 0.182. The molecule has 6 nitrogen and oxygen atoms in total. The summed E-state index contributed by atoms with van der Waals surface area (Å²) in [4.78, 5) is 14.5. The third-order valence-electron chi connectivity index (χ3n) is 2.45. The molecular formula is C11H11ClN4O2. The van der Waals surface area contributed by atoms with E-state index in [2.05, 4.69) is 10.1 Å². The summed E-state index contributed by atoms with van der Waals surface area (Å²) in [5.41, 5.74) is 6.91. The van der Waals surface area contributed by atoms with E-state index in [0.29, 0.717) is 10.7 Å². The molecule has 0 amide bonds. The summed E-state index contributed by atoms with van der Waals surface area (Å²) in [5, 5.41) is 13.2. The molecule has 0 bridgehead atoms. The van der Waals surface area contributed by atoms with Crippen molar-refractivity contribution in [2.45, 2.75) is 12.5 Å². The number of halogens is 1. The summed E-state index contributed by atoms with van der Waals surface area (Å²) >= 11 is 6.11. The average Bonchev–Trinajstić information content (AvgIpc) is 2.82. The quantitative estimate of drug-likeness (QED) is 0.856. The minimum atomic E-state index is -1.04. The zero-order valence-corrected chi connectivity index (χ0v) is 10.1. The summed E-state index contributed by atoms with van der Waals surface area (Å²) in [6.45, 7) is 0. The second kappa shape index (κ2) is 5.16. The number of hydrogen-bond acceptors (Lipinski definition) is 4. The van der Waals surface area contributed by atoms with Crippen LogP contribution in [0.3, 0.4) is 0 Å². The van der Waals surface area contributed by atoms with E-state index in [1.165, 1.54) is 17.3 Å². The van der Waals surface area contributed by atoms with Crippen LogP contribution in [0.5, 0.6) is 0 Å². The van der Waals surface area contributed by atoms with Crippen LogP contribution in [0.15, 0.2) is 30.9 Å². The van der Waals surface area contributed by atoms with Crippen LogP contribution in [-0.2, 0) is 11.2 Å². The van der Waals surface area contributed by atoms with E-state index >= 15 is 0 Å². The Morgan fingerprint density at radius 3 is 2.89 bits per heavy atom. The van der Waals surface area contributed by atoms with E-state index in [-0.39, 0.29) is 6.42 Å². The van der Waals surface area contributed by atoms with Crippen LogP contribution in [0.25, 0.3) is 5.69 Å².